The topological polar surface area (TPSA) is 93.5 Å². The Labute approximate surface area is 174 Å². The highest BCUT2D eigenvalue weighted by molar-refractivity contribution is 6.07. The van der Waals surface area contributed by atoms with Gasteiger partial charge in [0.05, 0.1) is 37.1 Å². The van der Waals surface area contributed by atoms with Gasteiger partial charge in [0, 0.05) is 29.8 Å². The standard InChI is InChI=1S/C23H21N3O4/c1-28-9-10-29-11-12-30-20-4-2-3-17-16(20)7-8-25-22(17)21-18-13-15(14-24)5-6-19(18)26-23(21)27/h2-8,13,21H,9-12H2,1H3,(H,26,27). The van der Waals surface area contributed by atoms with Crippen LogP contribution in [0.2, 0.25) is 0 Å². The second-order valence-corrected chi connectivity index (χ2v) is 6.84. The maximum absolute atomic E-state index is 12.8. The number of rotatable bonds is 8. The van der Waals surface area contributed by atoms with Crippen LogP contribution < -0.4 is 10.1 Å². The third-order valence-electron chi connectivity index (χ3n) is 5.00. The van der Waals surface area contributed by atoms with Crippen molar-refractivity contribution < 1.29 is 19.0 Å². The third kappa shape index (κ3) is 3.83. The van der Waals surface area contributed by atoms with E-state index in [2.05, 4.69) is 16.4 Å². The van der Waals surface area contributed by atoms with Crippen molar-refractivity contribution in [2.24, 2.45) is 0 Å². The van der Waals surface area contributed by atoms with Gasteiger partial charge < -0.3 is 19.5 Å². The third-order valence-corrected chi connectivity index (χ3v) is 5.00. The van der Waals surface area contributed by atoms with Crippen molar-refractivity contribution in [3.8, 4) is 11.8 Å². The Morgan fingerprint density at radius 1 is 1.10 bits per heavy atom. The van der Waals surface area contributed by atoms with Crippen LogP contribution in [0.1, 0.15) is 22.7 Å². The van der Waals surface area contributed by atoms with Crippen molar-refractivity contribution in [3.05, 3.63) is 65.5 Å². The molecule has 4 rings (SSSR count). The maximum atomic E-state index is 12.8. The monoisotopic (exact) mass is 403 g/mol. The van der Waals surface area contributed by atoms with E-state index < -0.39 is 5.92 Å². The molecule has 1 aromatic heterocycles. The molecule has 1 aliphatic heterocycles. The lowest BCUT2D eigenvalue weighted by molar-refractivity contribution is -0.116. The van der Waals surface area contributed by atoms with Crippen molar-refractivity contribution >= 4 is 22.4 Å². The van der Waals surface area contributed by atoms with E-state index in [1.54, 1.807) is 31.5 Å². The van der Waals surface area contributed by atoms with E-state index in [9.17, 15) is 10.1 Å². The molecule has 1 N–H and O–H groups in total. The summed E-state index contributed by atoms with van der Waals surface area (Å²) in [5, 5.41) is 13.8. The lowest BCUT2D eigenvalue weighted by Gasteiger charge is -2.14. The fourth-order valence-electron chi connectivity index (χ4n) is 3.61. The molecule has 0 bridgehead atoms. The van der Waals surface area contributed by atoms with Gasteiger partial charge in [0.2, 0.25) is 5.91 Å². The minimum absolute atomic E-state index is 0.155. The molecular formula is C23H21N3O4. The predicted molar refractivity (Wildman–Crippen MR) is 112 cm³/mol. The molecule has 152 valence electrons. The molecule has 0 radical (unpaired) electrons. The van der Waals surface area contributed by atoms with Gasteiger partial charge in [-0.3, -0.25) is 9.78 Å². The number of ether oxygens (including phenoxy) is 3. The number of amides is 1. The van der Waals surface area contributed by atoms with Gasteiger partial charge in [-0.1, -0.05) is 12.1 Å². The molecule has 1 aliphatic rings. The summed E-state index contributed by atoms with van der Waals surface area (Å²) in [5.41, 5.74) is 2.62. The molecular weight excluding hydrogens is 382 g/mol. The van der Waals surface area contributed by atoms with Crippen LogP contribution in [0.4, 0.5) is 5.69 Å². The first-order valence-corrected chi connectivity index (χ1v) is 9.65. The van der Waals surface area contributed by atoms with Crippen LogP contribution in [0.3, 0.4) is 0 Å². The van der Waals surface area contributed by atoms with Gasteiger partial charge in [-0.05, 0) is 35.9 Å². The van der Waals surface area contributed by atoms with Gasteiger partial charge in [-0.15, -0.1) is 0 Å². The van der Waals surface area contributed by atoms with Crippen LogP contribution >= 0.6 is 0 Å². The first-order valence-electron chi connectivity index (χ1n) is 9.65. The van der Waals surface area contributed by atoms with Gasteiger partial charge in [0.15, 0.2) is 0 Å². The van der Waals surface area contributed by atoms with E-state index in [0.717, 1.165) is 16.3 Å². The van der Waals surface area contributed by atoms with Crippen LogP contribution in [0, 0.1) is 11.3 Å². The lowest BCUT2D eigenvalue weighted by Crippen LogP contribution is -2.15. The molecule has 7 nitrogen and oxygen atoms in total. The summed E-state index contributed by atoms with van der Waals surface area (Å²) >= 11 is 0. The summed E-state index contributed by atoms with van der Waals surface area (Å²) in [5.74, 6) is -0.0292. The largest absolute Gasteiger partial charge is 0.491 e. The summed E-state index contributed by atoms with van der Waals surface area (Å²) in [6.07, 6.45) is 1.68. The van der Waals surface area contributed by atoms with Crippen molar-refractivity contribution in [2.45, 2.75) is 5.92 Å². The van der Waals surface area contributed by atoms with Gasteiger partial charge in [-0.25, -0.2) is 0 Å². The Kier molecular flexibility index (Phi) is 5.89. The van der Waals surface area contributed by atoms with Crippen LogP contribution in [-0.4, -0.2) is 44.4 Å². The number of nitrogens with one attached hydrogen (secondary N) is 1. The number of nitrogens with zero attached hydrogens (tertiary/aromatic N) is 2. The Morgan fingerprint density at radius 3 is 2.80 bits per heavy atom. The molecule has 2 heterocycles. The van der Waals surface area contributed by atoms with Crippen molar-refractivity contribution in [2.75, 3.05) is 38.9 Å². The molecule has 0 spiro atoms. The van der Waals surface area contributed by atoms with Crippen molar-refractivity contribution in [1.29, 1.82) is 5.26 Å². The number of aromatic nitrogens is 1. The number of carbonyl (C=O) groups excluding carboxylic acids is 1. The SMILES string of the molecule is COCCOCCOc1cccc2c(C3C(=O)Nc4ccc(C#N)cc43)nccc12. The number of carbonyl (C=O) groups is 1. The normalized spacial score (nSPS) is 14.9. The molecule has 30 heavy (non-hydrogen) atoms. The molecule has 1 atom stereocenters. The van der Waals surface area contributed by atoms with Gasteiger partial charge >= 0.3 is 0 Å². The summed E-state index contributed by atoms with van der Waals surface area (Å²) in [6, 6.07) is 14.9. The summed E-state index contributed by atoms with van der Waals surface area (Å²) in [6.45, 7) is 1.91. The Balaban J connectivity index is 1.64. The van der Waals surface area contributed by atoms with E-state index >= 15 is 0 Å². The second kappa shape index (κ2) is 8.91. The average molecular weight is 403 g/mol. The molecule has 0 aliphatic carbocycles. The smallest absolute Gasteiger partial charge is 0.238 e. The Hall–Kier alpha value is -3.47. The molecule has 1 unspecified atom stereocenters. The van der Waals surface area contributed by atoms with Crippen molar-refractivity contribution in [1.82, 2.24) is 4.98 Å². The van der Waals surface area contributed by atoms with Gasteiger partial charge in [0.1, 0.15) is 18.3 Å². The zero-order valence-electron chi connectivity index (χ0n) is 16.6. The van der Waals surface area contributed by atoms with E-state index in [-0.39, 0.29) is 5.91 Å². The average Bonchev–Trinajstić information content (AvgIpc) is 3.10. The number of hydrogen-bond donors (Lipinski definition) is 1. The fourth-order valence-corrected chi connectivity index (χ4v) is 3.61. The number of fused-ring (bicyclic) bond motifs is 2. The van der Waals surface area contributed by atoms with Crippen molar-refractivity contribution in [3.63, 3.8) is 0 Å². The summed E-state index contributed by atoms with van der Waals surface area (Å²) in [7, 11) is 1.63. The van der Waals surface area contributed by atoms with E-state index in [1.165, 1.54) is 0 Å². The number of anilines is 1. The molecule has 7 heteroatoms. The van der Waals surface area contributed by atoms with Crippen LogP contribution in [0.25, 0.3) is 10.8 Å². The zero-order chi connectivity index (χ0) is 20.9. The van der Waals surface area contributed by atoms with Gasteiger partial charge in [0.25, 0.3) is 0 Å². The Bertz CT molecular complexity index is 1120. The minimum Gasteiger partial charge on any atom is -0.491 e. The van der Waals surface area contributed by atoms with Crippen LogP contribution in [0.5, 0.6) is 5.75 Å². The van der Waals surface area contributed by atoms with Crippen LogP contribution in [-0.2, 0) is 14.3 Å². The number of nitriles is 1. The fraction of sp³-hybridized carbons (Fsp3) is 0.261. The molecule has 1 amide bonds. The van der Waals surface area contributed by atoms with Crippen LogP contribution in [0.15, 0.2) is 48.7 Å². The van der Waals surface area contributed by atoms with E-state index in [4.69, 9.17) is 14.2 Å². The maximum Gasteiger partial charge on any atom is 0.238 e. The lowest BCUT2D eigenvalue weighted by atomic mass is 9.92. The highest BCUT2D eigenvalue weighted by Gasteiger charge is 2.34. The molecule has 0 saturated carbocycles. The molecule has 3 aromatic rings. The summed E-state index contributed by atoms with van der Waals surface area (Å²) in [4.78, 5) is 17.3. The number of methoxy groups -OCH3 is 1. The highest BCUT2D eigenvalue weighted by Crippen LogP contribution is 2.40. The molecule has 0 fully saturated rings. The minimum atomic E-state index is -0.579. The quantitative estimate of drug-likeness (QED) is 0.581. The highest BCUT2D eigenvalue weighted by atomic mass is 16.5. The molecule has 2 aromatic carbocycles. The summed E-state index contributed by atoms with van der Waals surface area (Å²) < 4.78 is 16.3. The van der Waals surface area contributed by atoms with E-state index in [1.807, 2.05) is 24.3 Å². The number of hydrogen-bond acceptors (Lipinski definition) is 6. The van der Waals surface area contributed by atoms with Gasteiger partial charge in [-0.2, -0.15) is 5.26 Å². The van der Waals surface area contributed by atoms with E-state index in [0.29, 0.717) is 49.1 Å². The number of benzene rings is 2. The second-order valence-electron chi connectivity index (χ2n) is 6.84. The first-order chi connectivity index (χ1) is 14.7. The Morgan fingerprint density at radius 2 is 1.97 bits per heavy atom. The number of pyridine rings is 1. The zero-order valence-corrected chi connectivity index (χ0v) is 16.6. The first kappa shape index (κ1) is 19.8. The predicted octanol–water partition coefficient (Wildman–Crippen LogP) is 3.23. The molecule has 0 saturated heterocycles.